The first-order valence-electron chi connectivity index (χ1n) is 7.95. The molecule has 0 aliphatic heterocycles. The number of ketones is 1. The van der Waals surface area contributed by atoms with Crippen LogP contribution in [0.2, 0.25) is 0 Å². The first kappa shape index (κ1) is 16.7. The molecule has 3 unspecified atom stereocenters. The average Bonchev–Trinajstić information content (AvgIpc) is 2.43. The van der Waals surface area contributed by atoms with Gasteiger partial charge >= 0.3 is 5.97 Å². The average molecular weight is 302 g/mol. The smallest absolute Gasteiger partial charge is 0.333 e. The molecule has 3 heteroatoms. The number of hydrogen-bond donors (Lipinski definition) is 0. The number of fused-ring (bicyclic) bond motifs is 1. The number of rotatable bonds is 2. The van der Waals surface area contributed by atoms with Crippen LogP contribution in [0.15, 0.2) is 34.9 Å². The van der Waals surface area contributed by atoms with E-state index in [1.165, 1.54) is 5.57 Å². The van der Waals surface area contributed by atoms with E-state index >= 15 is 0 Å². The molecule has 2 aliphatic rings. The van der Waals surface area contributed by atoms with Gasteiger partial charge in [0.2, 0.25) is 0 Å². The zero-order valence-electron chi connectivity index (χ0n) is 14.3. The van der Waals surface area contributed by atoms with Gasteiger partial charge in [0.05, 0.1) is 0 Å². The molecule has 0 saturated heterocycles. The van der Waals surface area contributed by atoms with Gasteiger partial charge in [-0.05, 0) is 57.1 Å². The van der Waals surface area contributed by atoms with Crippen molar-refractivity contribution >= 4 is 11.8 Å². The fraction of sp³-hybridized carbons (Fsp3) is 0.579. The van der Waals surface area contributed by atoms with E-state index in [0.717, 1.165) is 30.4 Å². The highest BCUT2D eigenvalue weighted by molar-refractivity contribution is 6.06. The first-order chi connectivity index (χ1) is 10.2. The van der Waals surface area contributed by atoms with E-state index in [2.05, 4.69) is 20.4 Å². The Kier molecular flexibility index (Phi) is 4.46. The molecule has 0 aromatic rings. The van der Waals surface area contributed by atoms with E-state index in [-0.39, 0.29) is 29.2 Å². The Labute approximate surface area is 133 Å². The van der Waals surface area contributed by atoms with E-state index in [9.17, 15) is 9.59 Å². The SMILES string of the molecule is C=C(C)C(=O)OC1CCC2=CC(=O)C(=C(C)C)CC2(C)C1C. The Morgan fingerprint density at radius 1 is 1.36 bits per heavy atom. The van der Waals surface area contributed by atoms with Gasteiger partial charge in [-0.2, -0.15) is 0 Å². The lowest BCUT2D eigenvalue weighted by molar-refractivity contribution is -0.150. The zero-order chi connectivity index (χ0) is 16.7. The second-order valence-electron chi connectivity index (χ2n) is 7.16. The largest absolute Gasteiger partial charge is 0.459 e. The monoisotopic (exact) mass is 302 g/mol. The summed E-state index contributed by atoms with van der Waals surface area (Å²) < 4.78 is 5.64. The van der Waals surface area contributed by atoms with Crippen LogP contribution in [0, 0.1) is 11.3 Å². The van der Waals surface area contributed by atoms with Gasteiger partial charge in [-0.1, -0.05) is 31.6 Å². The minimum Gasteiger partial charge on any atom is -0.459 e. The maximum atomic E-state index is 12.3. The predicted octanol–water partition coefficient (Wildman–Crippen LogP) is 4.15. The van der Waals surface area contributed by atoms with Gasteiger partial charge in [0, 0.05) is 11.5 Å². The molecule has 0 amide bonds. The summed E-state index contributed by atoms with van der Waals surface area (Å²) in [7, 11) is 0. The molecule has 0 heterocycles. The topological polar surface area (TPSA) is 43.4 Å². The van der Waals surface area contributed by atoms with Crippen molar-refractivity contribution in [2.45, 2.75) is 60.0 Å². The van der Waals surface area contributed by atoms with Crippen LogP contribution in [0.25, 0.3) is 0 Å². The summed E-state index contributed by atoms with van der Waals surface area (Å²) in [6.45, 7) is 13.6. The van der Waals surface area contributed by atoms with Crippen molar-refractivity contribution in [2.75, 3.05) is 0 Å². The molecular formula is C19H26O3. The molecule has 3 atom stereocenters. The number of ether oxygens (including phenoxy) is 1. The third-order valence-corrected chi connectivity index (χ3v) is 5.35. The van der Waals surface area contributed by atoms with Gasteiger partial charge in [0.25, 0.3) is 0 Å². The van der Waals surface area contributed by atoms with Crippen LogP contribution in [0.1, 0.15) is 53.9 Å². The Morgan fingerprint density at radius 2 is 2.00 bits per heavy atom. The highest BCUT2D eigenvalue weighted by Gasteiger charge is 2.47. The highest BCUT2D eigenvalue weighted by Crippen LogP contribution is 2.52. The lowest BCUT2D eigenvalue weighted by atomic mass is 9.58. The standard InChI is InChI=1S/C19H26O3/c1-11(2)15-10-19(6)13(5)17(22-18(21)12(3)4)8-7-14(19)9-16(15)20/h9,13,17H,3,7-8,10H2,1-2,4-6H3. The van der Waals surface area contributed by atoms with Gasteiger partial charge in [-0.25, -0.2) is 4.79 Å². The zero-order valence-corrected chi connectivity index (χ0v) is 14.3. The number of carbonyl (C=O) groups is 2. The van der Waals surface area contributed by atoms with Crippen molar-refractivity contribution in [3.05, 3.63) is 34.9 Å². The second kappa shape index (κ2) is 5.86. The first-order valence-corrected chi connectivity index (χ1v) is 7.95. The Hall–Kier alpha value is -1.64. The summed E-state index contributed by atoms with van der Waals surface area (Å²) in [6, 6.07) is 0. The number of carbonyl (C=O) groups excluding carboxylic acids is 2. The Bertz CT molecular complexity index is 590. The van der Waals surface area contributed by atoms with Crippen LogP contribution < -0.4 is 0 Å². The molecule has 0 aromatic heterocycles. The molecule has 3 nitrogen and oxygen atoms in total. The summed E-state index contributed by atoms with van der Waals surface area (Å²) >= 11 is 0. The molecule has 0 N–H and O–H groups in total. The fourth-order valence-corrected chi connectivity index (χ4v) is 3.57. The third kappa shape index (κ3) is 2.81. The van der Waals surface area contributed by atoms with Crippen LogP contribution in [0.4, 0.5) is 0 Å². The molecule has 1 saturated carbocycles. The summed E-state index contributed by atoms with van der Waals surface area (Å²) in [5.41, 5.74) is 3.51. The lowest BCUT2D eigenvalue weighted by Crippen LogP contribution is -2.45. The van der Waals surface area contributed by atoms with Crippen molar-refractivity contribution in [3.63, 3.8) is 0 Å². The van der Waals surface area contributed by atoms with E-state index in [1.54, 1.807) is 6.92 Å². The molecule has 0 bridgehead atoms. The number of hydrogen-bond acceptors (Lipinski definition) is 3. The van der Waals surface area contributed by atoms with Crippen molar-refractivity contribution in [1.82, 2.24) is 0 Å². The molecule has 1 fully saturated rings. The highest BCUT2D eigenvalue weighted by atomic mass is 16.5. The molecule has 0 radical (unpaired) electrons. The van der Waals surface area contributed by atoms with Gasteiger partial charge in [-0.15, -0.1) is 0 Å². The van der Waals surface area contributed by atoms with Crippen molar-refractivity contribution in [1.29, 1.82) is 0 Å². The Morgan fingerprint density at radius 3 is 2.55 bits per heavy atom. The quantitative estimate of drug-likeness (QED) is 0.568. The van der Waals surface area contributed by atoms with E-state index < -0.39 is 0 Å². The normalized spacial score (nSPS) is 31.2. The molecule has 0 spiro atoms. The minimum absolute atomic E-state index is 0.112. The van der Waals surface area contributed by atoms with Crippen molar-refractivity contribution in [2.24, 2.45) is 11.3 Å². The lowest BCUT2D eigenvalue weighted by Gasteiger charge is -2.48. The molecule has 2 aliphatic carbocycles. The summed E-state index contributed by atoms with van der Waals surface area (Å²) in [5.74, 6) is 0.0116. The molecule has 22 heavy (non-hydrogen) atoms. The summed E-state index contributed by atoms with van der Waals surface area (Å²) in [4.78, 5) is 24.1. The van der Waals surface area contributed by atoms with Crippen LogP contribution >= 0.6 is 0 Å². The molecule has 120 valence electrons. The van der Waals surface area contributed by atoms with E-state index in [1.807, 2.05) is 19.9 Å². The van der Waals surface area contributed by atoms with Gasteiger partial charge in [0.15, 0.2) is 5.78 Å². The van der Waals surface area contributed by atoms with E-state index in [0.29, 0.717) is 5.57 Å². The summed E-state index contributed by atoms with van der Waals surface area (Å²) in [5, 5.41) is 0. The maximum absolute atomic E-state index is 12.3. The van der Waals surface area contributed by atoms with Crippen molar-refractivity contribution in [3.8, 4) is 0 Å². The van der Waals surface area contributed by atoms with Crippen LogP contribution in [-0.2, 0) is 14.3 Å². The molecule has 0 aromatic carbocycles. The van der Waals surface area contributed by atoms with Crippen molar-refractivity contribution < 1.29 is 14.3 Å². The van der Waals surface area contributed by atoms with Gasteiger partial charge in [0.1, 0.15) is 6.10 Å². The fourth-order valence-electron chi connectivity index (χ4n) is 3.57. The predicted molar refractivity (Wildman–Crippen MR) is 87.3 cm³/mol. The molecular weight excluding hydrogens is 276 g/mol. The van der Waals surface area contributed by atoms with Crippen LogP contribution in [0.5, 0.6) is 0 Å². The van der Waals surface area contributed by atoms with Gasteiger partial charge < -0.3 is 4.74 Å². The minimum atomic E-state index is -0.317. The molecule has 2 rings (SSSR count). The maximum Gasteiger partial charge on any atom is 0.333 e. The third-order valence-electron chi connectivity index (χ3n) is 5.35. The van der Waals surface area contributed by atoms with Crippen LogP contribution in [0.3, 0.4) is 0 Å². The number of esters is 1. The van der Waals surface area contributed by atoms with E-state index in [4.69, 9.17) is 4.74 Å². The Balaban J connectivity index is 2.31. The van der Waals surface area contributed by atoms with Gasteiger partial charge in [-0.3, -0.25) is 4.79 Å². The van der Waals surface area contributed by atoms with Crippen LogP contribution in [-0.4, -0.2) is 17.9 Å². The summed E-state index contributed by atoms with van der Waals surface area (Å²) in [6.07, 6.45) is 4.04. The number of allylic oxidation sites excluding steroid dienone is 4. The second-order valence-corrected chi connectivity index (χ2v) is 7.16.